The summed E-state index contributed by atoms with van der Waals surface area (Å²) in [5.74, 6) is -0.117. The van der Waals surface area contributed by atoms with Gasteiger partial charge in [0.2, 0.25) is 5.91 Å². The molecule has 168 valence electrons. The van der Waals surface area contributed by atoms with Gasteiger partial charge in [-0.15, -0.1) is 0 Å². The summed E-state index contributed by atoms with van der Waals surface area (Å²) < 4.78 is 14.6. The standard InChI is InChI=1S/C24H26ClFN4O2/c1-14-18(9-16(25)10-28-14)22(31)29-17-7-5-15(6-8-17)11-30-20-4-2-3-19(26)21(20)24(23(30)32)12-27-13-24/h2-4,9-10,15,17,27H,5-8,11-13H2,1H3,(H,29,31). The van der Waals surface area contributed by atoms with Gasteiger partial charge in [0, 0.05) is 37.4 Å². The normalized spacial score (nSPS) is 23.7. The van der Waals surface area contributed by atoms with E-state index in [-0.39, 0.29) is 23.7 Å². The third-order valence-corrected chi connectivity index (χ3v) is 7.40. The molecule has 0 unspecified atom stereocenters. The van der Waals surface area contributed by atoms with Crippen LogP contribution in [0.1, 0.15) is 47.3 Å². The summed E-state index contributed by atoms with van der Waals surface area (Å²) in [7, 11) is 0. The van der Waals surface area contributed by atoms with Crippen LogP contribution in [-0.4, -0.2) is 42.5 Å². The zero-order valence-corrected chi connectivity index (χ0v) is 18.7. The lowest BCUT2D eigenvalue weighted by Crippen LogP contribution is -2.62. The number of hydrogen-bond acceptors (Lipinski definition) is 4. The molecule has 6 nitrogen and oxygen atoms in total. The summed E-state index contributed by atoms with van der Waals surface area (Å²) in [6, 6.07) is 6.71. The Labute approximate surface area is 191 Å². The first kappa shape index (κ1) is 21.3. The van der Waals surface area contributed by atoms with Crippen molar-refractivity contribution in [2.45, 2.75) is 44.1 Å². The van der Waals surface area contributed by atoms with Crippen LogP contribution < -0.4 is 15.5 Å². The number of aryl methyl sites for hydroxylation is 1. The summed E-state index contributed by atoms with van der Waals surface area (Å²) >= 11 is 5.99. The minimum Gasteiger partial charge on any atom is -0.349 e. The van der Waals surface area contributed by atoms with Crippen LogP contribution in [0.2, 0.25) is 5.02 Å². The predicted molar refractivity (Wildman–Crippen MR) is 120 cm³/mol. The number of nitrogens with one attached hydrogen (secondary N) is 2. The van der Waals surface area contributed by atoms with E-state index in [0.29, 0.717) is 47.4 Å². The number of amides is 2. The van der Waals surface area contributed by atoms with Crippen LogP contribution in [0, 0.1) is 18.7 Å². The zero-order chi connectivity index (χ0) is 22.5. The van der Waals surface area contributed by atoms with Crippen LogP contribution in [0.3, 0.4) is 0 Å². The fourth-order valence-corrected chi connectivity index (χ4v) is 5.48. The second-order valence-electron chi connectivity index (χ2n) is 9.21. The van der Waals surface area contributed by atoms with Crippen molar-refractivity contribution in [2.75, 3.05) is 24.5 Å². The molecule has 2 fully saturated rings. The van der Waals surface area contributed by atoms with Crippen molar-refractivity contribution in [1.29, 1.82) is 0 Å². The fourth-order valence-electron chi connectivity index (χ4n) is 5.32. The van der Waals surface area contributed by atoms with Crippen molar-refractivity contribution in [2.24, 2.45) is 5.92 Å². The minimum atomic E-state index is -0.741. The lowest BCUT2D eigenvalue weighted by atomic mass is 9.76. The van der Waals surface area contributed by atoms with Gasteiger partial charge in [-0.3, -0.25) is 14.6 Å². The molecule has 1 spiro atoms. The lowest BCUT2D eigenvalue weighted by Gasteiger charge is -2.38. The Morgan fingerprint density at radius 2 is 2.06 bits per heavy atom. The number of aromatic nitrogens is 1. The van der Waals surface area contributed by atoms with Gasteiger partial charge in [0.15, 0.2) is 0 Å². The van der Waals surface area contributed by atoms with Gasteiger partial charge in [-0.05, 0) is 56.7 Å². The van der Waals surface area contributed by atoms with Crippen molar-refractivity contribution in [3.8, 4) is 0 Å². The third kappa shape index (κ3) is 3.48. The predicted octanol–water partition coefficient (Wildman–Crippen LogP) is 3.36. The smallest absolute Gasteiger partial charge is 0.253 e. The maximum Gasteiger partial charge on any atom is 0.253 e. The van der Waals surface area contributed by atoms with Gasteiger partial charge >= 0.3 is 0 Å². The summed E-state index contributed by atoms with van der Waals surface area (Å²) in [4.78, 5) is 31.9. The fraction of sp³-hybridized carbons (Fsp3) is 0.458. The van der Waals surface area contributed by atoms with Crippen molar-refractivity contribution >= 4 is 29.1 Å². The van der Waals surface area contributed by atoms with E-state index in [1.165, 1.54) is 12.3 Å². The van der Waals surface area contributed by atoms with Crippen molar-refractivity contribution in [3.05, 3.63) is 58.1 Å². The Morgan fingerprint density at radius 3 is 2.75 bits per heavy atom. The molecule has 0 atom stereocenters. The molecule has 1 saturated heterocycles. The van der Waals surface area contributed by atoms with Crippen molar-refractivity contribution in [3.63, 3.8) is 0 Å². The SMILES string of the molecule is Cc1ncc(Cl)cc1C(=O)NC1CCC(CN2C(=O)C3(CNC3)c3c(F)cccc32)CC1. The monoisotopic (exact) mass is 456 g/mol. The maximum absolute atomic E-state index is 14.6. The molecule has 1 aliphatic carbocycles. The first-order valence-corrected chi connectivity index (χ1v) is 11.5. The van der Waals surface area contributed by atoms with Crippen molar-refractivity contribution in [1.82, 2.24) is 15.6 Å². The molecular formula is C24H26ClFN4O2. The molecule has 0 bridgehead atoms. The number of halogens is 2. The summed E-state index contributed by atoms with van der Waals surface area (Å²) in [6.07, 6.45) is 5.02. The average molecular weight is 457 g/mol. The molecule has 1 saturated carbocycles. The molecule has 8 heteroatoms. The summed E-state index contributed by atoms with van der Waals surface area (Å²) in [5, 5.41) is 6.69. The van der Waals surface area contributed by atoms with E-state index in [9.17, 15) is 14.0 Å². The largest absolute Gasteiger partial charge is 0.349 e. The molecule has 2 aromatic rings. The summed E-state index contributed by atoms with van der Waals surface area (Å²) in [6.45, 7) is 3.37. The Morgan fingerprint density at radius 1 is 1.31 bits per heavy atom. The molecule has 1 aromatic heterocycles. The second-order valence-corrected chi connectivity index (χ2v) is 9.65. The van der Waals surface area contributed by atoms with Gasteiger partial charge < -0.3 is 15.5 Å². The Hall–Kier alpha value is -2.51. The number of anilines is 1. The average Bonchev–Trinajstić information content (AvgIpc) is 3.00. The molecule has 32 heavy (non-hydrogen) atoms. The highest BCUT2D eigenvalue weighted by molar-refractivity contribution is 6.30. The van der Waals surface area contributed by atoms with E-state index in [2.05, 4.69) is 15.6 Å². The molecule has 2 N–H and O–H groups in total. The van der Waals surface area contributed by atoms with Crippen LogP contribution in [0.15, 0.2) is 30.5 Å². The minimum absolute atomic E-state index is 0.00991. The highest BCUT2D eigenvalue weighted by Gasteiger charge is 2.56. The van der Waals surface area contributed by atoms with Crippen LogP contribution in [-0.2, 0) is 10.2 Å². The number of benzene rings is 1. The number of carbonyl (C=O) groups excluding carboxylic acids is 2. The number of fused-ring (bicyclic) bond motifs is 2. The maximum atomic E-state index is 14.6. The first-order valence-electron chi connectivity index (χ1n) is 11.1. The number of hydrogen-bond donors (Lipinski definition) is 2. The third-order valence-electron chi connectivity index (χ3n) is 7.19. The molecule has 5 rings (SSSR count). The highest BCUT2D eigenvalue weighted by Crippen LogP contribution is 2.46. The topological polar surface area (TPSA) is 74.3 Å². The van der Waals surface area contributed by atoms with E-state index in [1.54, 1.807) is 24.0 Å². The van der Waals surface area contributed by atoms with Gasteiger partial charge in [0.25, 0.3) is 5.91 Å². The first-order chi connectivity index (χ1) is 15.4. The van der Waals surface area contributed by atoms with E-state index < -0.39 is 5.41 Å². The van der Waals surface area contributed by atoms with Crippen LogP contribution >= 0.6 is 11.6 Å². The van der Waals surface area contributed by atoms with Crippen LogP contribution in [0.25, 0.3) is 0 Å². The number of pyridine rings is 1. The molecule has 2 aliphatic heterocycles. The quantitative estimate of drug-likeness (QED) is 0.739. The van der Waals surface area contributed by atoms with Gasteiger partial charge in [0.05, 0.1) is 22.0 Å². The van der Waals surface area contributed by atoms with E-state index in [0.717, 1.165) is 31.4 Å². The van der Waals surface area contributed by atoms with E-state index >= 15 is 0 Å². The molecule has 2 amide bonds. The highest BCUT2D eigenvalue weighted by atomic mass is 35.5. The molecular weight excluding hydrogens is 431 g/mol. The molecule has 1 aromatic carbocycles. The van der Waals surface area contributed by atoms with Gasteiger partial charge in [-0.25, -0.2) is 4.39 Å². The van der Waals surface area contributed by atoms with Crippen LogP contribution in [0.5, 0.6) is 0 Å². The number of rotatable bonds is 4. The number of carbonyl (C=O) groups is 2. The Bertz CT molecular complexity index is 1080. The zero-order valence-electron chi connectivity index (χ0n) is 18.0. The molecule has 3 heterocycles. The molecule has 0 radical (unpaired) electrons. The van der Waals surface area contributed by atoms with Gasteiger partial charge in [-0.1, -0.05) is 17.7 Å². The van der Waals surface area contributed by atoms with Crippen LogP contribution in [0.4, 0.5) is 10.1 Å². The van der Waals surface area contributed by atoms with Crippen molar-refractivity contribution < 1.29 is 14.0 Å². The van der Waals surface area contributed by atoms with Gasteiger partial charge in [-0.2, -0.15) is 0 Å². The lowest BCUT2D eigenvalue weighted by molar-refractivity contribution is -0.125. The van der Waals surface area contributed by atoms with E-state index in [1.807, 2.05) is 6.07 Å². The summed E-state index contributed by atoms with van der Waals surface area (Å²) in [5.41, 5.74) is 1.68. The Balaban J connectivity index is 1.22. The Kier molecular flexibility index (Phi) is 5.42. The van der Waals surface area contributed by atoms with Gasteiger partial charge in [0.1, 0.15) is 11.2 Å². The number of nitrogens with zero attached hydrogens (tertiary/aromatic N) is 2. The van der Waals surface area contributed by atoms with E-state index in [4.69, 9.17) is 11.6 Å². The second kappa shape index (κ2) is 8.12. The molecule has 3 aliphatic rings.